The highest BCUT2D eigenvalue weighted by Crippen LogP contribution is 2.27. The van der Waals surface area contributed by atoms with E-state index in [1.165, 1.54) is 6.20 Å². The van der Waals surface area contributed by atoms with Crippen molar-refractivity contribution in [1.29, 1.82) is 0 Å². The molecule has 0 radical (unpaired) electrons. The second-order valence-corrected chi connectivity index (χ2v) is 5.17. The van der Waals surface area contributed by atoms with Crippen LogP contribution in [0.3, 0.4) is 0 Å². The van der Waals surface area contributed by atoms with E-state index in [1.54, 1.807) is 24.3 Å². The van der Waals surface area contributed by atoms with Gasteiger partial charge in [-0.25, -0.2) is 4.98 Å². The van der Waals surface area contributed by atoms with Crippen molar-refractivity contribution in [3.05, 3.63) is 57.7 Å². The molecule has 1 atom stereocenters. The molecule has 104 valence electrons. The van der Waals surface area contributed by atoms with Gasteiger partial charge in [0.2, 0.25) is 5.91 Å². The van der Waals surface area contributed by atoms with Crippen molar-refractivity contribution < 1.29 is 4.79 Å². The number of nitrogens with two attached hydrogens (primary N) is 1. The lowest BCUT2D eigenvalue weighted by molar-refractivity contribution is 0.1000. The summed E-state index contributed by atoms with van der Waals surface area (Å²) in [5.41, 5.74) is 6.44. The number of carbonyl (C=O) groups excluding carboxylic acids is 1. The number of amides is 1. The fourth-order valence-corrected chi connectivity index (χ4v) is 2.35. The standard InChI is InChI=1S/C14H13Cl2N3O/c1-8(11-4-3-10(15)6-12(11)16)19-13-5-2-9(7-18-13)14(17)20/h2-8H,1H3,(H2,17,20)(H,18,19). The van der Waals surface area contributed by atoms with Crippen LogP contribution < -0.4 is 11.1 Å². The first-order chi connectivity index (χ1) is 9.47. The van der Waals surface area contributed by atoms with Gasteiger partial charge < -0.3 is 11.1 Å². The Hall–Kier alpha value is -1.78. The van der Waals surface area contributed by atoms with Gasteiger partial charge in [-0.05, 0) is 36.8 Å². The number of carbonyl (C=O) groups is 1. The van der Waals surface area contributed by atoms with Gasteiger partial charge in [0, 0.05) is 16.2 Å². The van der Waals surface area contributed by atoms with Crippen molar-refractivity contribution in [3.8, 4) is 0 Å². The van der Waals surface area contributed by atoms with Crippen LogP contribution in [-0.2, 0) is 0 Å². The van der Waals surface area contributed by atoms with E-state index >= 15 is 0 Å². The number of hydrogen-bond donors (Lipinski definition) is 2. The molecule has 1 heterocycles. The average Bonchev–Trinajstić information content (AvgIpc) is 2.39. The van der Waals surface area contributed by atoms with E-state index < -0.39 is 5.91 Å². The zero-order chi connectivity index (χ0) is 14.7. The van der Waals surface area contributed by atoms with Crippen molar-refractivity contribution in [1.82, 2.24) is 4.98 Å². The fraction of sp³-hybridized carbons (Fsp3) is 0.143. The SMILES string of the molecule is CC(Nc1ccc(C(N)=O)cn1)c1ccc(Cl)cc1Cl. The third-order valence-electron chi connectivity index (χ3n) is 2.84. The van der Waals surface area contributed by atoms with Crippen LogP contribution in [0.25, 0.3) is 0 Å². The van der Waals surface area contributed by atoms with Gasteiger partial charge >= 0.3 is 0 Å². The number of halogens is 2. The number of aromatic nitrogens is 1. The van der Waals surface area contributed by atoms with Crippen molar-refractivity contribution >= 4 is 34.9 Å². The third-order valence-corrected chi connectivity index (χ3v) is 3.40. The summed E-state index contributed by atoms with van der Waals surface area (Å²) in [7, 11) is 0. The number of nitrogens with zero attached hydrogens (tertiary/aromatic N) is 1. The Kier molecular flexibility index (Phi) is 4.47. The van der Waals surface area contributed by atoms with Crippen LogP contribution in [0.15, 0.2) is 36.5 Å². The van der Waals surface area contributed by atoms with Gasteiger partial charge in [0.25, 0.3) is 0 Å². The largest absolute Gasteiger partial charge is 0.366 e. The molecule has 0 saturated heterocycles. The Labute approximate surface area is 126 Å². The predicted octanol–water partition coefficient (Wildman–Crippen LogP) is 3.66. The lowest BCUT2D eigenvalue weighted by Gasteiger charge is -2.16. The van der Waals surface area contributed by atoms with E-state index in [9.17, 15) is 4.79 Å². The molecule has 2 rings (SSSR count). The summed E-state index contributed by atoms with van der Waals surface area (Å²) in [4.78, 5) is 15.1. The highest BCUT2D eigenvalue weighted by atomic mass is 35.5. The monoisotopic (exact) mass is 309 g/mol. The lowest BCUT2D eigenvalue weighted by Crippen LogP contribution is -2.12. The third kappa shape index (κ3) is 3.40. The van der Waals surface area contributed by atoms with Gasteiger partial charge in [-0.3, -0.25) is 4.79 Å². The summed E-state index contributed by atoms with van der Waals surface area (Å²) < 4.78 is 0. The molecule has 1 aromatic carbocycles. The van der Waals surface area contributed by atoms with Crippen LogP contribution in [0, 0.1) is 0 Å². The van der Waals surface area contributed by atoms with E-state index in [2.05, 4.69) is 10.3 Å². The Balaban J connectivity index is 2.14. The van der Waals surface area contributed by atoms with Crippen LogP contribution in [0.5, 0.6) is 0 Å². The summed E-state index contributed by atoms with van der Waals surface area (Å²) in [6, 6.07) is 8.60. The zero-order valence-electron chi connectivity index (χ0n) is 10.7. The van der Waals surface area contributed by atoms with E-state index in [1.807, 2.05) is 13.0 Å². The van der Waals surface area contributed by atoms with Gasteiger partial charge in [0.05, 0.1) is 11.6 Å². The second kappa shape index (κ2) is 6.11. The minimum Gasteiger partial charge on any atom is -0.366 e. The Morgan fingerprint density at radius 2 is 2.05 bits per heavy atom. The molecule has 2 aromatic rings. The van der Waals surface area contributed by atoms with E-state index in [4.69, 9.17) is 28.9 Å². The van der Waals surface area contributed by atoms with Crippen molar-refractivity contribution in [3.63, 3.8) is 0 Å². The molecule has 0 saturated carbocycles. The molecule has 1 aromatic heterocycles. The quantitative estimate of drug-likeness (QED) is 0.905. The van der Waals surface area contributed by atoms with Gasteiger partial charge in [0.15, 0.2) is 0 Å². The first-order valence-corrected chi connectivity index (χ1v) is 6.70. The van der Waals surface area contributed by atoms with Crippen LogP contribution >= 0.6 is 23.2 Å². The van der Waals surface area contributed by atoms with Crippen LogP contribution in [0.4, 0.5) is 5.82 Å². The summed E-state index contributed by atoms with van der Waals surface area (Å²) in [5.74, 6) is 0.131. The number of nitrogens with one attached hydrogen (secondary N) is 1. The van der Waals surface area contributed by atoms with Gasteiger partial charge in [-0.1, -0.05) is 29.3 Å². The van der Waals surface area contributed by atoms with E-state index in [-0.39, 0.29) is 6.04 Å². The molecule has 1 unspecified atom stereocenters. The summed E-state index contributed by atoms with van der Waals surface area (Å²) >= 11 is 12.0. The van der Waals surface area contributed by atoms with Gasteiger partial charge in [-0.15, -0.1) is 0 Å². The minimum absolute atomic E-state index is 0.0494. The van der Waals surface area contributed by atoms with Crippen LogP contribution in [0.1, 0.15) is 28.9 Å². The maximum atomic E-state index is 11.0. The molecule has 3 N–H and O–H groups in total. The lowest BCUT2D eigenvalue weighted by atomic mass is 10.1. The molecule has 0 bridgehead atoms. The zero-order valence-corrected chi connectivity index (χ0v) is 12.2. The molecule has 6 heteroatoms. The molecular weight excluding hydrogens is 297 g/mol. The Bertz CT molecular complexity index is 629. The maximum Gasteiger partial charge on any atom is 0.250 e. The first-order valence-electron chi connectivity index (χ1n) is 5.94. The number of pyridine rings is 1. The smallest absolute Gasteiger partial charge is 0.250 e. The highest BCUT2D eigenvalue weighted by molar-refractivity contribution is 6.35. The maximum absolute atomic E-state index is 11.0. The number of anilines is 1. The molecule has 0 spiro atoms. The Morgan fingerprint density at radius 3 is 2.60 bits per heavy atom. The molecule has 0 aliphatic carbocycles. The van der Waals surface area contributed by atoms with E-state index in [0.717, 1.165) is 5.56 Å². The summed E-state index contributed by atoms with van der Waals surface area (Å²) in [5, 5.41) is 4.38. The first kappa shape index (κ1) is 14.6. The highest BCUT2D eigenvalue weighted by Gasteiger charge is 2.11. The fourth-order valence-electron chi connectivity index (χ4n) is 1.78. The topological polar surface area (TPSA) is 68.0 Å². The molecule has 4 nitrogen and oxygen atoms in total. The molecule has 0 aliphatic heterocycles. The minimum atomic E-state index is -0.502. The van der Waals surface area contributed by atoms with Crippen molar-refractivity contribution in [2.24, 2.45) is 5.73 Å². The molecule has 1 amide bonds. The van der Waals surface area contributed by atoms with Crippen LogP contribution in [0.2, 0.25) is 10.0 Å². The number of benzene rings is 1. The Morgan fingerprint density at radius 1 is 1.30 bits per heavy atom. The molecule has 0 aliphatic rings. The number of hydrogen-bond acceptors (Lipinski definition) is 3. The molecular formula is C14H13Cl2N3O. The second-order valence-electron chi connectivity index (χ2n) is 4.33. The van der Waals surface area contributed by atoms with Crippen molar-refractivity contribution in [2.45, 2.75) is 13.0 Å². The normalized spacial score (nSPS) is 11.9. The van der Waals surface area contributed by atoms with Gasteiger partial charge in [0.1, 0.15) is 5.82 Å². The van der Waals surface area contributed by atoms with E-state index in [0.29, 0.717) is 21.4 Å². The van der Waals surface area contributed by atoms with Crippen LogP contribution in [-0.4, -0.2) is 10.9 Å². The molecule has 20 heavy (non-hydrogen) atoms. The van der Waals surface area contributed by atoms with Gasteiger partial charge in [-0.2, -0.15) is 0 Å². The summed E-state index contributed by atoms with van der Waals surface area (Å²) in [6.45, 7) is 1.96. The molecule has 0 fully saturated rings. The summed E-state index contributed by atoms with van der Waals surface area (Å²) in [6.07, 6.45) is 1.43. The van der Waals surface area contributed by atoms with Crippen molar-refractivity contribution in [2.75, 3.05) is 5.32 Å². The number of primary amides is 1. The number of rotatable bonds is 4. The average molecular weight is 310 g/mol. The predicted molar refractivity (Wildman–Crippen MR) is 81.3 cm³/mol.